The highest BCUT2D eigenvalue weighted by molar-refractivity contribution is 5.83. The Balaban J connectivity index is 1.32. The second-order valence-corrected chi connectivity index (χ2v) is 9.29. The minimum Gasteiger partial charge on any atom is -0.342 e. The van der Waals surface area contributed by atoms with Gasteiger partial charge in [-0.2, -0.15) is 5.26 Å². The lowest BCUT2D eigenvalue weighted by atomic mass is 9.56. The lowest BCUT2D eigenvalue weighted by Crippen LogP contribution is -2.60. The standard InChI is InChI=1S/C21H31FN4O2/c22-16-12-17(13-23)26(15-16)18(27)14-24-21-7-4-20(5-8-21,6-9-21)19(28)25-10-2-1-3-11-25/h16-17,24H,1-12,14-15H2. The molecule has 5 fully saturated rings. The summed E-state index contributed by atoms with van der Waals surface area (Å²) in [7, 11) is 0. The Bertz CT molecular complexity index is 645. The van der Waals surface area contributed by atoms with Crippen molar-refractivity contribution < 1.29 is 14.0 Å². The first-order valence-electron chi connectivity index (χ1n) is 10.8. The van der Waals surface area contributed by atoms with Crippen LogP contribution in [-0.2, 0) is 9.59 Å². The summed E-state index contributed by atoms with van der Waals surface area (Å²) in [6, 6.07) is 1.39. The summed E-state index contributed by atoms with van der Waals surface area (Å²) in [6.45, 7) is 1.99. The number of amides is 2. The van der Waals surface area contributed by atoms with E-state index in [1.54, 1.807) is 0 Å². The molecule has 28 heavy (non-hydrogen) atoms. The fraction of sp³-hybridized carbons (Fsp3) is 0.857. The van der Waals surface area contributed by atoms with Crippen LogP contribution in [0.25, 0.3) is 0 Å². The molecule has 0 spiro atoms. The van der Waals surface area contributed by atoms with Crippen LogP contribution in [0, 0.1) is 16.7 Å². The van der Waals surface area contributed by atoms with E-state index in [1.807, 2.05) is 6.07 Å². The molecule has 5 rings (SSSR count). The van der Waals surface area contributed by atoms with Gasteiger partial charge in [0.2, 0.25) is 11.8 Å². The number of nitrogens with one attached hydrogen (secondary N) is 1. The van der Waals surface area contributed by atoms with Crippen molar-refractivity contribution in [1.82, 2.24) is 15.1 Å². The average Bonchev–Trinajstić information content (AvgIpc) is 3.14. The van der Waals surface area contributed by atoms with E-state index < -0.39 is 12.2 Å². The van der Waals surface area contributed by atoms with E-state index in [1.165, 1.54) is 11.3 Å². The summed E-state index contributed by atoms with van der Waals surface area (Å²) in [5.74, 6) is 0.173. The zero-order chi connectivity index (χ0) is 19.8. The van der Waals surface area contributed by atoms with E-state index >= 15 is 0 Å². The number of alkyl halides is 1. The van der Waals surface area contributed by atoms with Gasteiger partial charge in [-0.1, -0.05) is 0 Å². The molecule has 2 bridgehead atoms. The van der Waals surface area contributed by atoms with Crippen LogP contribution in [0.4, 0.5) is 4.39 Å². The molecule has 0 aromatic rings. The zero-order valence-corrected chi connectivity index (χ0v) is 16.6. The Hall–Kier alpha value is -1.68. The van der Waals surface area contributed by atoms with Crippen LogP contribution in [-0.4, -0.2) is 65.5 Å². The smallest absolute Gasteiger partial charge is 0.237 e. The Morgan fingerprint density at radius 2 is 1.71 bits per heavy atom. The van der Waals surface area contributed by atoms with Gasteiger partial charge in [-0.25, -0.2) is 4.39 Å². The van der Waals surface area contributed by atoms with E-state index in [0.717, 1.165) is 64.5 Å². The van der Waals surface area contributed by atoms with Crippen molar-refractivity contribution in [3.05, 3.63) is 0 Å². The number of nitriles is 1. The second kappa shape index (κ2) is 7.62. The fourth-order valence-electron chi connectivity index (χ4n) is 5.75. The van der Waals surface area contributed by atoms with Crippen molar-refractivity contribution in [1.29, 1.82) is 5.26 Å². The molecule has 3 saturated carbocycles. The average molecular weight is 391 g/mol. The number of piperidine rings is 1. The van der Waals surface area contributed by atoms with Gasteiger partial charge in [-0.15, -0.1) is 0 Å². The topological polar surface area (TPSA) is 76.4 Å². The number of carbonyl (C=O) groups excluding carboxylic acids is 2. The maximum atomic E-state index is 13.6. The van der Waals surface area contributed by atoms with Gasteiger partial charge in [0.05, 0.1) is 19.2 Å². The van der Waals surface area contributed by atoms with Crippen molar-refractivity contribution in [3.63, 3.8) is 0 Å². The van der Waals surface area contributed by atoms with Gasteiger partial charge >= 0.3 is 0 Å². The Labute approximate surface area is 166 Å². The van der Waals surface area contributed by atoms with Crippen molar-refractivity contribution >= 4 is 11.8 Å². The van der Waals surface area contributed by atoms with Crippen molar-refractivity contribution in [2.45, 2.75) is 82.0 Å². The SMILES string of the molecule is N#CC1CC(F)CN1C(=O)CNC12CCC(C(=O)N3CCCCC3)(CC1)CC2. The zero-order valence-electron chi connectivity index (χ0n) is 16.6. The third-order valence-electron chi connectivity index (χ3n) is 7.68. The predicted octanol–water partition coefficient (Wildman–Crippen LogP) is 2.14. The van der Waals surface area contributed by atoms with E-state index in [2.05, 4.69) is 10.2 Å². The first-order chi connectivity index (χ1) is 13.5. The molecule has 1 N–H and O–H groups in total. The highest BCUT2D eigenvalue weighted by atomic mass is 19.1. The van der Waals surface area contributed by atoms with Gasteiger partial charge in [0.25, 0.3) is 0 Å². The molecule has 3 aliphatic carbocycles. The van der Waals surface area contributed by atoms with Gasteiger partial charge in [0.15, 0.2) is 0 Å². The monoisotopic (exact) mass is 390 g/mol. The molecular weight excluding hydrogens is 359 g/mol. The molecule has 0 radical (unpaired) electrons. The largest absolute Gasteiger partial charge is 0.342 e. The van der Waals surface area contributed by atoms with E-state index in [0.29, 0.717) is 5.91 Å². The predicted molar refractivity (Wildman–Crippen MR) is 102 cm³/mol. The summed E-state index contributed by atoms with van der Waals surface area (Å²) in [6.07, 6.45) is 7.89. The normalized spacial score (nSPS) is 37.7. The molecule has 2 amide bonds. The number of nitrogens with zero attached hydrogens (tertiary/aromatic N) is 3. The molecule has 0 aromatic carbocycles. The molecule has 0 aromatic heterocycles. The molecule has 6 nitrogen and oxygen atoms in total. The van der Waals surface area contributed by atoms with Crippen LogP contribution in [0.1, 0.15) is 64.2 Å². The first kappa shape index (κ1) is 19.6. The Morgan fingerprint density at radius 1 is 1.07 bits per heavy atom. The molecule has 154 valence electrons. The maximum absolute atomic E-state index is 13.6. The molecular formula is C21H31FN4O2. The number of hydrogen-bond acceptors (Lipinski definition) is 4. The number of halogens is 1. The molecule has 7 heteroatoms. The van der Waals surface area contributed by atoms with Crippen LogP contribution in [0.5, 0.6) is 0 Å². The first-order valence-corrected chi connectivity index (χ1v) is 10.8. The van der Waals surface area contributed by atoms with Crippen LogP contribution in [0.15, 0.2) is 0 Å². The van der Waals surface area contributed by atoms with Crippen LogP contribution >= 0.6 is 0 Å². The number of hydrogen-bond donors (Lipinski definition) is 1. The Morgan fingerprint density at radius 3 is 2.32 bits per heavy atom. The van der Waals surface area contributed by atoms with Crippen LogP contribution in [0.2, 0.25) is 0 Å². The minimum atomic E-state index is -1.10. The van der Waals surface area contributed by atoms with Gasteiger partial charge in [0, 0.05) is 30.5 Å². The van der Waals surface area contributed by atoms with Crippen molar-refractivity contribution in [2.75, 3.05) is 26.2 Å². The van der Waals surface area contributed by atoms with E-state index in [-0.39, 0.29) is 36.4 Å². The highest BCUT2D eigenvalue weighted by Gasteiger charge is 2.53. The molecule has 5 aliphatic rings. The summed E-state index contributed by atoms with van der Waals surface area (Å²) < 4.78 is 13.6. The van der Waals surface area contributed by atoms with Crippen molar-refractivity contribution in [3.8, 4) is 6.07 Å². The van der Waals surface area contributed by atoms with Gasteiger partial charge in [0.1, 0.15) is 12.2 Å². The Kier molecular flexibility index (Phi) is 5.34. The highest BCUT2D eigenvalue weighted by Crippen LogP contribution is 2.53. The molecule has 2 saturated heterocycles. The third kappa shape index (κ3) is 3.52. The number of carbonyl (C=O) groups is 2. The van der Waals surface area contributed by atoms with Gasteiger partial charge in [-0.3, -0.25) is 9.59 Å². The summed E-state index contributed by atoms with van der Waals surface area (Å²) in [5.41, 5.74) is -0.274. The quantitative estimate of drug-likeness (QED) is 0.798. The molecule has 2 heterocycles. The molecule has 2 unspecified atom stereocenters. The van der Waals surface area contributed by atoms with Crippen LogP contribution < -0.4 is 5.32 Å². The maximum Gasteiger partial charge on any atom is 0.237 e. The number of rotatable bonds is 4. The second-order valence-electron chi connectivity index (χ2n) is 9.29. The lowest BCUT2D eigenvalue weighted by Gasteiger charge is -2.54. The minimum absolute atomic E-state index is 0.0270. The summed E-state index contributed by atoms with van der Waals surface area (Å²) in [4.78, 5) is 29.2. The molecule has 2 atom stereocenters. The lowest BCUT2D eigenvalue weighted by molar-refractivity contribution is -0.151. The van der Waals surface area contributed by atoms with Crippen LogP contribution in [0.3, 0.4) is 0 Å². The number of likely N-dealkylation sites (tertiary alicyclic amines) is 2. The number of fused-ring (bicyclic) bond motifs is 3. The van der Waals surface area contributed by atoms with E-state index in [4.69, 9.17) is 5.26 Å². The third-order valence-corrected chi connectivity index (χ3v) is 7.68. The summed E-state index contributed by atoms with van der Waals surface area (Å²) in [5, 5.41) is 12.6. The van der Waals surface area contributed by atoms with E-state index in [9.17, 15) is 14.0 Å². The van der Waals surface area contributed by atoms with Gasteiger partial charge < -0.3 is 15.1 Å². The van der Waals surface area contributed by atoms with Gasteiger partial charge in [-0.05, 0) is 57.8 Å². The summed E-state index contributed by atoms with van der Waals surface area (Å²) >= 11 is 0. The van der Waals surface area contributed by atoms with Crippen molar-refractivity contribution in [2.24, 2.45) is 5.41 Å². The molecule has 2 aliphatic heterocycles. The fourth-order valence-corrected chi connectivity index (χ4v) is 5.75.